The molecule has 0 amide bonds. The van der Waals surface area contributed by atoms with E-state index in [-0.39, 0.29) is 29.5 Å². The number of hydrogen-bond acceptors (Lipinski definition) is 4. The Balaban J connectivity index is 2.00. The van der Waals surface area contributed by atoms with Gasteiger partial charge in [-0.1, -0.05) is 20.8 Å². The average molecular weight is 258 g/mol. The van der Waals surface area contributed by atoms with Crippen molar-refractivity contribution >= 4 is 0 Å². The van der Waals surface area contributed by atoms with Gasteiger partial charge in [-0.15, -0.1) is 0 Å². The molecule has 0 bridgehead atoms. The van der Waals surface area contributed by atoms with Crippen LogP contribution in [0.3, 0.4) is 0 Å². The zero-order valence-corrected chi connectivity index (χ0v) is 12.1. The van der Waals surface area contributed by atoms with Gasteiger partial charge < -0.3 is 19.3 Å². The van der Waals surface area contributed by atoms with E-state index in [0.29, 0.717) is 6.61 Å². The summed E-state index contributed by atoms with van der Waals surface area (Å²) in [6, 6.07) is 0. The van der Waals surface area contributed by atoms with Crippen LogP contribution in [0.15, 0.2) is 0 Å². The first-order valence-electron chi connectivity index (χ1n) is 6.89. The number of aliphatic hydroxyl groups excluding tert-OH is 1. The summed E-state index contributed by atoms with van der Waals surface area (Å²) in [6.07, 6.45) is 0.455. The Kier molecular flexibility index (Phi) is 4.02. The Morgan fingerprint density at radius 2 is 1.94 bits per heavy atom. The second kappa shape index (κ2) is 5.08. The summed E-state index contributed by atoms with van der Waals surface area (Å²) < 4.78 is 16.8. The molecule has 1 aliphatic carbocycles. The van der Waals surface area contributed by atoms with Crippen molar-refractivity contribution in [3.63, 3.8) is 0 Å². The monoisotopic (exact) mass is 258 g/mol. The molecule has 1 saturated heterocycles. The van der Waals surface area contributed by atoms with Gasteiger partial charge in [0.05, 0.1) is 24.9 Å². The van der Waals surface area contributed by atoms with Gasteiger partial charge in [0.2, 0.25) is 0 Å². The fraction of sp³-hybridized carbons (Fsp3) is 1.00. The van der Waals surface area contributed by atoms with Crippen LogP contribution in [0, 0.1) is 17.3 Å². The Bertz CT molecular complexity index is 284. The van der Waals surface area contributed by atoms with Crippen LogP contribution in [-0.2, 0) is 14.2 Å². The molecule has 5 atom stereocenters. The second-order valence-corrected chi connectivity index (χ2v) is 6.87. The van der Waals surface area contributed by atoms with Crippen LogP contribution >= 0.6 is 0 Å². The van der Waals surface area contributed by atoms with E-state index in [1.807, 2.05) is 13.8 Å². The first-order valence-corrected chi connectivity index (χ1v) is 6.89. The first kappa shape index (κ1) is 14.3. The highest BCUT2D eigenvalue weighted by atomic mass is 16.9. The van der Waals surface area contributed by atoms with Crippen molar-refractivity contribution in [2.75, 3.05) is 6.61 Å². The van der Waals surface area contributed by atoms with Crippen molar-refractivity contribution in [1.29, 1.82) is 0 Å². The quantitative estimate of drug-likeness (QED) is 0.824. The normalized spacial score (nSPS) is 41.2. The molecule has 1 heterocycles. The standard InChI is InChI=1S/C14H26O4/c1-8(2)17-13-16-7-9-6-10(14(3,4)5)11(15)12(9)18-13/h8-13,15H,6-7H2,1-5H3. The molecule has 2 rings (SSSR count). The van der Waals surface area contributed by atoms with Gasteiger partial charge in [0.25, 0.3) is 6.48 Å². The lowest BCUT2D eigenvalue weighted by atomic mass is 9.78. The first-order chi connectivity index (χ1) is 8.29. The van der Waals surface area contributed by atoms with Gasteiger partial charge in [-0.25, -0.2) is 0 Å². The second-order valence-electron chi connectivity index (χ2n) is 6.87. The summed E-state index contributed by atoms with van der Waals surface area (Å²) in [5, 5.41) is 10.4. The van der Waals surface area contributed by atoms with Gasteiger partial charge in [0.1, 0.15) is 0 Å². The van der Waals surface area contributed by atoms with Crippen molar-refractivity contribution in [3.8, 4) is 0 Å². The highest BCUT2D eigenvalue weighted by molar-refractivity contribution is 4.97. The maximum absolute atomic E-state index is 10.4. The molecule has 1 aliphatic heterocycles. The Morgan fingerprint density at radius 1 is 1.28 bits per heavy atom. The van der Waals surface area contributed by atoms with Crippen LogP contribution in [-0.4, -0.2) is 36.5 Å². The molecule has 0 aromatic rings. The molecule has 5 unspecified atom stereocenters. The third-order valence-corrected chi connectivity index (χ3v) is 3.98. The Labute approximate surface area is 110 Å². The van der Waals surface area contributed by atoms with Gasteiger partial charge in [-0.3, -0.25) is 0 Å². The molecular weight excluding hydrogens is 232 g/mol. The van der Waals surface area contributed by atoms with Gasteiger partial charge in [0, 0.05) is 5.92 Å². The third-order valence-electron chi connectivity index (χ3n) is 3.98. The Morgan fingerprint density at radius 3 is 2.50 bits per heavy atom. The molecule has 2 fully saturated rings. The van der Waals surface area contributed by atoms with Gasteiger partial charge >= 0.3 is 0 Å². The van der Waals surface area contributed by atoms with E-state index in [2.05, 4.69) is 20.8 Å². The molecule has 0 radical (unpaired) electrons. The number of ether oxygens (including phenoxy) is 3. The van der Waals surface area contributed by atoms with Crippen LogP contribution in [0.25, 0.3) is 0 Å². The SMILES string of the molecule is CC(C)OC1OCC2CC(C(C)(C)C)C(O)C2O1. The van der Waals surface area contributed by atoms with E-state index in [1.165, 1.54) is 0 Å². The van der Waals surface area contributed by atoms with E-state index >= 15 is 0 Å². The summed E-state index contributed by atoms with van der Waals surface area (Å²) in [4.78, 5) is 0. The molecule has 106 valence electrons. The molecular formula is C14H26O4. The number of aliphatic hydroxyl groups is 1. The third kappa shape index (κ3) is 2.87. The number of fused-ring (bicyclic) bond motifs is 1. The molecule has 18 heavy (non-hydrogen) atoms. The minimum absolute atomic E-state index is 0.0588. The molecule has 0 spiro atoms. The van der Waals surface area contributed by atoms with Crippen molar-refractivity contribution in [2.45, 2.75) is 65.8 Å². The van der Waals surface area contributed by atoms with E-state index < -0.39 is 12.6 Å². The van der Waals surface area contributed by atoms with Crippen molar-refractivity contribution in [3.05, 3.63) is 0 Å². The molecule has 0 aromatic carbocycles. The summed E-state index contributed by atoms with van der Waals surface area (Å²) in [7, 11) is 0. The molecule has 4 heteroatoms. The molecule has 2 aliphatic rings. The van der Waals surface area contributed by atoms with Gasteiger partial charge in [-0.2, -0.15) is 0 Å². The largest absolute Gasteiger partial charge is 0.390 e. The molecule has 0 aromatic heterocycles. The number of hydrogen-bond donors (Lipinski definition) is 1. The summed E-state index contributed by atoms with van der Waals surface area (Å²) in [5.74, 6) is 0.546. The van der Waals surface area contributed by atoms with Crippen LogP contribution in [0.1, 0.15) is 41.0 Å². The van der Waals surface area contributed by atoms with Crippen LogP contribution in [0.2, 0.25) is 0 Å². The summed E-state index contributed by atoms with van der Waals surface area (Å²) >= 11 is 0. The van der Waals surface area contributed by atoms with E-state index in [1.54, 1.807) is 0 Å². The van der Waals surface area contributed by atoms with Crippen molar-refractivity contribution in [2.24, 2.45) is 17.3 Å². The van der Waals surface area contributed by atoms with Crippen LogP contribution in [0.5, 0.6) is 0 Å². The summed E-state index contributed by atoms with van der Waals surface area (Å²) in [5.41, 5.74) is 0.0918. The molecule has 1 N–H and O–H groups in total. The van der Waals surface area contributed by atoms with Crippen molar-refractivity contribution in [1.82, 2.24) is 0 Å². The lowest BCUT2D eigenvalue weighted by molar-refractivity contribution is -0.356. The van der Waals surface area contributed by atoms with Crippen molar-refractivity contribution < 1.29 is 19.3 Å². The minimum Gasteiger partial charge on any atom is -0.390 e. The smallest absolute Gasteiger partial charge is 0.272 e. The van der Waals surface area contributed by atoms with E-state index in [9.17, 15) is 5.11 Å². The highest BCUT2D eigenvalue weighted by Crippen LogP contribution is 2.45. The van der Waals surface area contributed by atoms with Crippen LogP contribution < -0.4 is 0 Å². The molecule has 4 nitrogen and oxygen atoms in total. The zero-order valence-electron chi connectivity index (χ0n) is 12.1. The summed E-state index contributed by atoms with van der Waals surface area (Å²) in [6.45, 7) is 10.4. The average Bonchev–Trinajstić information content (AvgIpc) is 2.55. The van der Waals surface area contributed by atoms with Gasteiger partial charge in [0.15, 0.2) is 0 Å². The maximum Gasteiger partial charge on any atom is 0.272 e. The zero-order chi connectivity index (χ0) is 13.5. The van der Waals surface area contributed by atoms with Gasteiger partial charge in [-0.05, 0) is 31.6 Å². The minimum atomic E-state index is -0.625. The predicted molar refractivity (Wildman–Crippen MR) is 67.9 cm³/mol. The van der Waals surface area contributed by atoms with E-state index in [0.717, 1.165) is 6.42 Å². The highest BCUT2D eigenvalue weighted by Gasteiger charge is 2.50. The molecule has 1 saturated carbocycles. The van der Waals surface area contributed by atoms with E-state index in [4.69, 9.17) is 14.2 Å². The lowest BCUT2D eigenvalue weighted by Gasteiger charge is -2.35. The fourth-order valence-electron chi connectivity index (χ4n) is 2.99. The topological polar surface area (TPSA) is 47.9 Å². The Hall–Kier alpha value is -0.160. The maximum atomic E-state index is 10.4. The predicted octanol–water partition coefficient (Wildman–Crippen LogP) is 2.15. The fourth-order valence-corrected chi connectivity index (χ4v) is 2.99. The number of rotatable bonds is 2. The lowest BCUT2D eigenvalue weighted by Crippen LogP contribution is -2.44. The van der Waals surface area contributed by atoms with Crippen LogP contribution in [0.4, 0.5) is 0 Å².